The van der Waals surface area contributed by atoms with Crippen molar-refractivity contribution in [2.75, 3.05) is 18.4 Å². The second-order valence-corrected chi connectivity index (χ2v) is 6.38. The lowest BCUT2D eigenvalue weighted by Crippen LogP contribution is -2.46. The fourth-order valence-electron chi connectivity index (χ4n) is 2.88. The second kappa shape index (κ2) is 6.90. The smallest absolute Gasteiger partial charge is 0.317 e. The van der Waals surface area contributed by atoms with Crippen molar-refractivity contribution in [3.63, 3.8) is 0 Å². The van der Waals surface area contributed by atoms with Crippen molar-refractivity contribution in [2.24, 2.45) is 11.7 Å². The molecule has 7 heteroatoms. The molecule has 1 aromatic carbocycles. The summed E-state index contributed by atoms with van der Waals surface area (Å²) in [6, 6.07) is 7.00. The topological polar surface area (TPSA) is 105 Å². The molecule has 1 saturated carbocycles. The van der Waals surface area contributed by atoms with Crippen LogP contribution in [0.4, 0.5) is 10.5 Å². The molecule has 1 saturated heterocycles. The number of nitrogens with one attached hydrogen (secondary N) is 2. The van der Waals surface area contributed by atoms with E-state index in [0.717, 1.165) is 12.8 Å². The Balaban J connectivity index is 1.53. The van der Waals surface area contributed by atoms with E-state index in [9.17, 15) is 14.4 Å². The van der Waals surface area contributed by atoms with E-state index in [1.807, 2.05) is 0 Å². The molecule has 0 radical (unpaired) electrons. The summed E-state index contributed by atoms with van der Waals surface area (Å²) in [5.74, 6) is -0.876. The zero-order chi connectivity index (χ0) is 17.1. The summed E-state index contributed by atoms with van der Waals surface area (Å²) in [4.78, 5) is 37.6. The van der Waals surface area contributed by atoms with Crippen molar-refractivity contribution in [3.8, 4) is 0 Å². The van der Waals surface area contributed by atoms with Gasteiger partial charge in [-0.3, -0.25) is 9.59 Å². The number of primary amides is 1. The predicted octanol–water partition coefficient (Wildman–Crippen LogP) is 1.31. The average Bonchev–Trinajstić information content (AvgIpc) is 3.39. The molecule has 24 heavy (non-hydrogen) atoms. The maximum atomic E-state index is 12.4. The van der Waals surface area contributed by atoms with E-state index in [0.29, 0.717) is 43.2 Å². The lowest BCUT2D eigenvalue weighted by atomic mass is 9.96. The summed E-state index contributed by atoms with van der Waals surface area (Å²) < 4.78 is 0. The Labute approximate surface area is 140 Å². The van der Waals surface area contributed by atoms with Crippen LogP contribution < -0.4 is 16.4 Å². The minimum Gasteiger partial charge on any atom is -0.366 e. The summed E-state index contributed by atoms with van der Waals surface area (Å²) >= 11 is 0. The van der Waals surface area contributed by atoms with Crippen molar-refractivity contribution < 1.29 is 14.4 Å². The first kappa shape index (κ1) is 16.3. The maximum Gasteiger partial charge on any atom is 0.317 e. The summed E-state index contributed by atoms with van der Waals surface area (Å²) in [5, 5.41) is 5.75. The highest BCUT2D eigenvalue weighted by atomic mass is 16.2. The van der Waals surface area contributed by atoms with Gasteiger partial charge in [0.05, 0.1) is 11.3 Å². The van der Waals surface area contributed by atoms with E-state index in [2.05, 4.69) is 10.6 Å². The van der Waals surface area contributed by atoms with E-state index in [1.54, 1.807) is 29.2 Å². The number of likely N-dealkylation sites (tertiary alicyclic amines) is 1. The van der Waals surface area contributed by atoms with Gasteiger partial charge in [-0.1, -0.05) is 12.1 Å². The van der Waals surface area contributed by atoms with Gasteiger partial charge in [-0.25, -0.2) is 4.79 Å². The van der Waals surface area contributed by atoms with Crippen molar-refractivity contribution in [2.45, 2.75) is 31.7 Å². The van der Waals surface area contributed by atoms with Gasteiger partial charge in [0.15, 0.2) is 0 Å². The molecule has 0 atom stereocenters. The normalized spacial score (nSPS) is 18.1. The molecule has 128 valence electrons. The van der Waals surface area contributed by atoms with Gasteiger partial charge >= 0.3 is 6.03 Å². The number of anilines is 1. The second-order valence-electron chi connectivity index (χ2n) is 6.38. The van der Waals surface area contributed by atoms with E-state index in [-0.39, 0.29) is 17.9 Å². The Morgan fingerprint density at radius 2 is 1.71 bits per heavy atom. The molecular weight excluding hydrogens is 308 g/mol. The van der Waals surface area contributed by atoms with Crippen molar-refractivity contribution in [3.05, 3.63) is 29.8 Å². The molecule has 1 aromatic rings. The number of piperidine rings is 1. The molecule has 0 bridgehead atoms. The van der Waals surface area contributed by atoms with Gasteiger partial charge in [0.2, 0.25) is 5.91 Å². The Hall–Kier alpha value is -2.57. The first-order valence-corrected chi connectivity index (χ1v) is 8.29. The molecule has 4 N–H and O–H groups in total. The van der Waals surface area contributed by atoms with Crippen LogP contribution in [-0.2, 0) is 4.79 Å². The third-order valence-electron chi connectivity index (χ3n) is 4.51. The number of nitrogens with zero attached hydrogens (tertiary/aromatic N) is 1. The zero-order valence-corrected chi connectivity index (χ0v) is 13.5. The average molecular weight is 330 g/mol. The third kappa shape index (κ3) is 3.84. The molecule has 0 aromatic heterocycles. The van der Waals surface area contributed by atoms with Gasteiger partial charge in [-0.15, -0.1) is 0 Å². The van der Waals surface area contributed by atoms with E-state index < -0.39 is 5.91 Å². The largest absolute Gasteiger partial charge is 0.366 e. The molecule has 2 fully saturated rings. The number of rotatable bonds is 4. The molecule has 1 aliphatic heterocycles. The van der Waals surface area contributed by atoms with Crippen molar-refractivity contribution in [1.29, 1.82) is 0 Å². The van der Waals surface area contributed by atoms with Crippen LogP contribution in [0.3, 0.4) is 0 Å². The summed E-state index contributed by atoms with van der Waals surface area (Å²) in [5.41, 5.74) is 6.06. The van der Waals surface area contributed by atoms with Crippen LogP contribution in [0, 0.1) is 5.92 Å². The van der Waals surface area contributed by atoms with Crippen LogP contribution in [-0.4, -0.2) is 41.9 Å². The third-order valence-corrected chi connectivity index (χ3v) is 4.51. The van der Waals surface area contributed by atoms with E-state index in [1.165, 1.54) is 0 Å². The van der Waals surface area contributed by atoms with Gasteiger partial charge < -0.3 is 21.3 Å². The SMILES string of the molecule is NC(=O)c1ccccc1NC(=O)C1CCN(C(=O)NC2CC2)CC1. The number of urea groups is 1. The first-order chi connectivity index (χ1) is 11.5. The van der Waals surface area contributed by atoms with Gasteiger partial charge in [-0.2, -0.15) is 0 Å². The highest BCUT2D eigenvalue weighted by Crippen LogP contribution is 2.23. The number of carbonyl (C=O) groups is 3. The molecule has 0 spiro atoms. The number of hydrogen-bond acceptors (Lipinski definition) is 3. The number of hydrogen-bond donors (Lipinski definition) is 3. The molecule has 1 aliphatic carbocycles. The lowest BCUT2D eigenvalue weighted by molar-refractivity contribution is -0.121. The molecule has 4 amide bonds. The van der Waals surface area contributed by atoms with E-state index >= 15 is 0 Å². The maximum absolute atomic E-state index is 12.4. The van der Waals surface area contributed by atoms with Gasteiger partial charge in [0, 0.05) is 25.0 Å². The monoisotopic (exact) mass is 330 g/mol. The van der Waals surface area contributed by atoms with Crippen LogP contribution in [0.25, 0.3) is 0 Å². The first-order valence-electron chi connectivity index (χ1n) is 8.29. The Kier molecular flexibility index (Phi) is 4.69. The minimum atomic E-state index is -0.572. The quantitative estimate of drug-likeness (QED) is 0.775. The lowest BCUT2D eigenvalue weighted by Gasteiger charge is -2.31. The fourth-order valence-corrected chi connectivity index (χ4v) is 2.88. The van der Waals surface area contributed by atoms with E-state index in [4.69, 9.17) is 5.73 Å². The summed E-state index contributed by atoms with van der Waals surface area (Å²) in [7, 11) is 0. The highest BCUT2D eigenvalue weighted by Gasteiger charge is 2.30. The number of carbonyl (C=O) groups excluding carboxylic acids is 3. The van der Waals surface area contributed by atoms with Crippen LogP contribution in [0.5, 0.6) is 0 Å². The summed E-state index contributed by atoms with van der Waals surface area (Å²) in [6.45, 7) is 1.13. The zero-order valence-electron chi connectivity index (χ0n) is 13.5. The molecule has 7 nitrogen and oxygen atoms in total. The highest BCUT2D eigenvalue weighted by molar-refractivity contribution is 6.03. The van der Waals surface area contributed by atoms with Gasteiger partial charge in [0.1, 0.15) is 0 Å². The van der Waals surface area contributed by atoms with Crippen molar-refractivity contribution >= 4 is 23.5 Å². The number of benzene rings is 1. The van der Waals surface area contributed by atoms with Crippen LogP contribution >= 0.6 is 0 Å². The van der Waals surface area contributed by atoms with Crippen LogP contribution in [0.15, 0.2) is 24.3 Å². The van der Waals surface area contributed by atoms with Gasteiger partial charge in [0.25, 0.3) is 5.91 Å². The Bertz CT molecular complexity index is 649. The summed E-state index contributed by atoms with van der Waals surface area (Å²) in [6.07, 6.45) is 3.35. The standard InChI is InChI=1S/C17H22N4O3/c18-15(22)13-3-1-2-4-14(13)20-16(23)11-7-9-21(10-8-11)17(24)19-12-5-6-12/h1-4,11-12H,5-10H2,(H2,18,22)(H,19,24)(H,20,23). The van der Waals surface area contributed by atoms with Crippen LogP contribution in [0.2, 0.25) is 0 Å². The Morgan fingerprint density at radius 3 is 2.33 bits per heavy atom. The fraction of sp³-hybridized carbons (Fsp3) is 0.471. The molecule has 3 rings (SSSR count). The number of amides is 4. The molecule has 1 heterocycles. The number of para-hydroxylation sites is 1. The van der Waals surface area contributed by atoms with Crippen LogP contribution in [0.1, 0.15) is 36.0 Å². The Morgan fingerprint density at radius 1 is 1.04 bits per heavy atom. The van der Waals surface area contributed by atoms with Gasteiger partial charge in [-0.05, 0) is 37.8 Å². The molecule has 0 unspecified atom stereocenters. The number of nitrogens with two attached hydrogens (primary N) is 1. The molecular formula is C17H22N4O3. The minimum absolute atomic E-state index is 0.0320. The predicted molar refractivity (Wildman–Crippen MR) is 89.4 cm³/mol. The van der Waals surface area contributed by atoms with Crippen molar-refractivity contribution in [1.82, 2.24) is 10.2 Å². The molecule has 2 aliphatic rings.